The van der Waals surface area contributed by atoms with E-state index in [2.05, 4.69) is 67.8 Å². The van der Waals surface area contributed by atoms with Gasteiger partial charge in [0.05, 0.1) is 7.14 Å². The van der Waals surface area contributed by atoms with E-state index in [1.54, 1.807) is 18.2 Å². The molecule has 0 aliphatic carbocycles. The summed E-state index contributed by atoms with van der Waals surface area (Å²) in [5, 5.41) is 19.5. The van der Waals surface area contributed by atoms with Crippen LogP contribution in [0.4, 0.5) is 0 Å². The van der Waals surface area contributed by atoms with Gasteiger partial charge in [-0.25, -0.2) is 0 Å². The third kappa shape index (κ3) is 4.08. The second kappa shape index (κ2) is 6.76. The fraction of sp³-hybridized carbons (Fsp3) is 0.0769. The maximum Gasteiger partial charge on any atom is 0.224 e. The maximum absolute atomic E-state index is 10.1. The van der Waals surface area contributed by atoms with Crippen molar-refractivity contribution in [1.82, 2.24) is 0 Å². The van der Waals surface area contributed by atoms with E-state index < -0.39 is 6.29 Å². The Morgan fingerprint density at radius 2 is 1.63 bits per heavy atom. The highest BCUT2D eigenvalue weighted by atomic mass is 127. The summed E-state index contributed by atoms with van der Waals surface area (Å²) in [6.07, 6.45) is -1.10. The Kier molecular flexibility index (Phi) is 5.55. The molecule has 1 atom stereocenters. The lowest BCUT2D eigenvalue weighted by Crippen LogP contribution is -2.08. The summed E-state index contributed by atoms with van der Waals surface area (Å²) in [6.45, 7) is 0. The molecule has 100 valence electrons. The van der Waals surface area contributed by atoms with Crippen molar-refractivity contribution >= 4 is 67.8 Å². The number of phenolic OH excluding ortho intramolecular Hbond substituents is 1. The monoisotopic (exact) mass is 594 g/mol. The van der Waals surface area contributed by atoms with Crippen LogP contribution in [0, 0.1) is 10.7 Å². The lowest BCUT2D eigenvalue weighted by Gasteiger charge is -2.16. The molecule has 2 aromatic carbocycles. The van der Waals surface area contributed by atoms with Crippen LogP contribution in [0.5, 0.6) is 11.5 Å². The largest absolute Gasteiger partial charge is 0.508 e. The van der Waals surface area contributed by atoms with Crippen LogP contribution in [-0.2, 0) is 0 Å². The first-order valence-corrected chi connectivity index (χ1v) is 8.49. The summed E-state index contributed by atoms with van der Waals surface area (Å²) in [5.74, 6) is 0.754. The van der Waals surface area contributed by atoms with E-state index in [4.69, 9.17) is 4.74 Å². The zero-order valence-corrected chi connectivity index (χ0v) is 16.0. The van der Waals surface area contributed by atoms with Crippen LogP contribution in [0.3, 0.4) is 0 Å². The van der Waals surface area contributed by atoms with Gasteiger partial charge in [0.15, 0.2) is 0 Å². The molecule has 0 aliphatic rings. The number of halogens is 3. The topological polar surface area (TPSA) is 49.7 Å². The summed E-state index contributed by atoms with van der Waals surface area (Å²) in [4.78, 5) is 0. The van der Waals surface area contributed by atoms with Crippen molar-refractivity contribution in [2.75, 3.05) is 0 Å². The van der Waals surface area contributed by atoms with Crippen LogP contribution in [0.2, 0.25) is 0 Å². The van der Waals surface area contributed by atoms with Crippen molar-refractivity contribution < 1.29 is 14.9 Å². The average molecular weight is 594 g/mol. The Hall–Kier alpha value is 0.190. The average Bonchev–Trinajstić information content (AvgIpc) is 2.33. The minimum Gasteiger partial charge on any atom is -0.508 e. The van der Waals surface area contributed by atoms with Gasteiger partial charge in [-0.1, -0.05) is 12.1 Å². The summed E-state index contributed by atoms with van der Waals surface area (Å²) >= 11 is 6.59. The smallest absolute Gasteiger partial charge is 0.224 e. The first-order valence-electron chi connectivity index (χ1n) is 5.25. The number of aromatic hydroxyl groups is 1. The van der Waals surface area contributed by atoms with Gasteiger partial charge in [0, 0.05) is 9.13 Å². The molecule has 0 radical (unpaired) electrons. The number of aliphatic hydroxyl groups is 1. The van der Waals surface area contributed by atoms with E-state index in [0.29, 0.717) is 11.3 Å². The Bertz CT molecular complexity index is 578. The van der Waals surface area contributed by atoms with Crippen molar-refractivity contribution in [2.24, 2.45) is 0 Å². The number of benzene rings is 2. The molecule has 2 aromatic rings. The molecule has 0 saturated carbocycles. The van der Waals surface area contributed by atoms with Crippen molar-refractivity contribution in [3.05, 3.63) is 52.7 Å². The number of ether oxygens (including phenoxy) is 1. The lowest BCUT2D eigenvalue weighted by atomic mass is 10.2. The molecule has 0 spiro atoms. The standard InChI is InChI=1S/C13H9I3O3/c14-8-5-10(15)12(11(16)6-8)19-13(18)7-2-1-3-9(17)4-7/h1-6,13,17-18H. The van der Waals surface area contributed by atoms with Gasteiger partial charge in [-0.05, 0) is 92.0 Å². The van der Waals surface area contributed by atoms with E-state index in [1.165, 1.54) is 6.07 Å². The molecule has 0 amide bonds. The molecule has 6 heteroatoms. The third-order valence-electron chi connectivity index (χ3n) is 2.35. The number of rotatable bonds is 3. The van der Waals surface area contributed by atoms with Crippen LogP contribution in [0.15, 0.2) is 36.4 Å². The van der Waals surface area contributed by atoms with Crippen molar-refractivity contribution in [3.8, 4) is 11.5 Å². The molecular formula is C13H9I3O3. The Morgan fingerprint density at radius 1 is 1.00 bits per heavy atom. The van der Waals surface area contributed by atoms with E-state index in [0.717, 1.165) is 10.7 Å². The van der Waals surface area contributed by atoms with Crippen LogP contribution < -0.4 is 4.74 Å². The predicted molar refractivity (Wildman–Crippen MR) is 98.3 cm³/mol. The van der Waals surface area contributed by atoms with Crippen LogP contribution in [-0.4, -0.2) is 10.2 Å². The first kappa shape index (κ1) is 15.6. The number of phenols is 1. The van der Waals surface area contributed by atoms with Crippen molar-refractivity contribution in [3.63, 3.8) is 0 Å². The van der Waals surface area contributed by atoms with Gasteiger partial charge >= 0.3 is 0 Å². The van der Waals surface area contributed by atoms with E-state index in [1.807, 2.05) is 12.1 Å². The Labute approximate surface area is 151 Å². The molecule has 0 heterocycles. The van der Waals surface area contributed by atoms with Gasteiger partial charge < -0.3 is 14.9 Å². The molecule has 1 unspecified atom stereocenters. The summed E-state index contributed by atoms with van der Waals surface area (Å²) in [7, 11) is 0. The van der Waals surface area contributed by atoms with Gasteiger partial charge in [0.2, 0.25) is 6.29 Å². The number of hydrogen-bond donors (Lipinski definition) is 2. The highest BCUT2D eigenvalue weighted by Gasteiger charge is 2.15. The molecule has 0 aromatic heterocycles. The maximum atomic E-state index is 10.1. The summed E-state index contributed by atoms with van der Waals surface area (Å²) in [6, 6.07) is 10.4. The molecule has 19 heavy (non-hydrogen) atoms. The number of aliphatic hydroxyl groups excluding tert-OH is 1. The Balaban J connectivity index is 2.26. The second-order valence-corrected chi connectivity index (χ2v) is 7.33. The molecule has 0 fully saturated rings. The fourth-order valence-corrected chi connectivity index (χ4v) is 5.34. The van der Waals surface area contributed by atoms with Gasteiger partial charge in [0.25, 0.3) is 0 Å². The minimum absolute atomic E-state index is 0.104. The zero-order chi connectivity index (χ0) is 14.0. The number of hydrogen-bond acceptors (Lipinski definition) is 3. The van der Waals surface area contributed by atoms with Crippen LogP contribution in [0.1, 0.15) is 11.9 Å². The van der Waals surface area contributed by atoms with Gasteiger partial charge in [-0.2, -0.15) is 0 Å². The van der Waals surface area contributed by atoms with Gasteiger partial charge in [-0.15, -0.1) is 0 Å². The molecule has 2 N–H and O–H groups in total. The molecular weight excluding hydrogens is 585 g/mol. The highest BCUT2D eigenvalue weighted by Crippen LogP contribution is 2.32. The van der Waals surface area contributed by atoms with E-state index >= 15 is 0 Å². The van der Waals surface area contributed by atoms with E-state index in [-0.39, 0.29) is 5.75 Å². The van der Waals surface area contributed by atoms with Crippen molar-refractivity contribution in [2.45, 2.75) is 6.29 Å². The second-order valence-electron chi connectivity index (χ2n) is 3.76. The van der Waals surface area contributed by atoms with Gasteiger partial charge in [0.1, 0.15) is 11.5 Å². The summed E-state index contributed by atoms with van der Waals surface area (Å²) < 4.78 is 8.59. The third-order valence-corrected chi connectivity index (χ3v) is 4.57. The predicted octanol–water partition coefficient (Wildman–Crippen LogP) is 4.28. The molecule has 0 aliphatic heterocycles. The highest BCUT2D eigenvalue weighted by molar-refractivity contribution is 14.1. The molecule has 0 saturated heterocycles. The van der Waals surface area contributed by atoms with E-state index in [9.17, 15) is 10.2 Å². The normalized spacial score (nSPS) is 12.2. The lowest BCUT2D eigenvalue weighted by molar-refractivity contribution is -0.0208. The fourth-order valence-electron chi connectivity index (χ4n) is 1.50. The SMILES string of the molecule is Oc1cccc(C(O)Oc2c(I)cc(I)cc2I)c1. The summed E-state index contributed by atoms with van der Waals surface area (Å²) in [5.41, 5.74) is 0.519. The Morgan fingerprint density at radius 3 is 2.21 bits per heavy atom. The first-order chi connectivity index (χ1) is 8.97. The van der Waals surface area contributed by atoms with Crippen LogP contribution >= 0.6 is 67.8 Å². The molecule has 3 nitrogen and oxygen atoms in total. The van der Waals surface area contributed by atoms with Crippen molar-refractivity contribution in [1.29, 1.82) is 0 Å². The minimum atomic E-state index is -1.10. The quantitative estimate of drug-likeness (QED) is 0.413. The molecule has 2 rings (SSSR count). The van der Waals surface area contributed by atoms with Gasteiger partial charge in [-0.3, -0.25) is 0 Å². The zero-order valence-electron chi connectivity index (χ0n) is 9.48. The van der Waals surface area contributed by atoms with Crippen LogP contribution in [0.25, 0.3) is 0 Å². The molecule has 0 bridgehead atoms.